The van der Waals surface area contributed by atoms with Gasteiger partial charge in [0.1, 0.15) is 0 Å². The van der Waals surface area contributed by atoms with Crippen LogP contribution < -0.4 is 5.32 Å². The van der Waals surface area contributed by atoms with Gasteiger partial charge in [-0.3, -0.25) is 9.59 Å². The maximum atomic E-state index is 12.1. The lowest BCUT2D eigenvalue weighted by atomic mass is 10.2. The fraction of sp³-hybridized carbons (Fsp3) is 0.429. The molecular formula is C14H17BrN2O3S. The van der Waals surface area contributed by atoms with Crippen molar-refractivity contribution in [1.82, 2.24) is 10.2 Å². The molecule has 1 aromatic carbocycles. The number of rotatable bonds is 4. The fourth-order valence-electron chi connectivity index (χ4n) is 2.04. The van der Waals surface area contributed by atoms with Crippen LogP contribution in [0.3, 0.4) is 0 Å². The van der Waals surface area contributed by atoms with E-state index in [-0.39, 0.29) is 11.8 Å². The number of nitrogens with one attached hydrogen (secondary N) is 1. The summed E-state index contributed by atoms with van der Waals surface area (Å²) in [5.74, 6) is -0.173. The van der Waals surface area contributed by atoms with Crippen molar-refractivity contribution >= 4 is 40.4 Å². The van der Waals surface area contributed by atoms with E-state index in [0.29, 0.717) is 54.2 Å². The maximum absolute atomic E-state index is 12.1. The van der Waals surface area contributed by atoms with E-state index < -0.39 is 0 Å². The summed E-state index contributed by atoms with van der Waals surface area (Å²) >= 11 is 7.55. The number of amides is 2. The zero-order chi connectivity index (χ0) is 15.2. The molecule has 7 heteroatoms. The predicted octanol–water partition coefficient (Wildman–Crippen LogP) is 1.72. The normalized spacial score (nSPS) is 14.9. The molecule has 1 aromatic rings. The molecular weight excluding hydrogens is 356 g/mol. The molecule has 0 saturated carbocycles. The summed E-state index contributed by atoms with van der Waals surface area (Å²) < 4.78 is 5.90. The first kappa shape index (κ1) is 16.3. The first-order chi connectivity index (χ1) is 10.1. The number of benzene rings is 1. The number of hydrogen-bond acceptors (Lipinski definition) is 4. The van der Waals surface area contributed by atoms with Crippen molar-refractivity contribution in [2.24, 2.45) is 0 Å². The Balaban J connectivity index is 1.81. The summed E-state index contributed by atoms with van der Waals surface area (Å²) in [5, 5.41) is 2.76. The van der Waals surface area contributed by atoms with Gasteiger partial charge in [0.25, 0.3) is 5.91 Å². The molecule has 2 amide bonds. The summed E-state index contributed by atoms with van der Waals surface area (Å²) in [6.45, 7) is 2.73. The Labute approximate surface area is 137 Å². The second-order valence-corrected chi connectivity index (χ2v) is 6.03. The smallest absolute Gasteiger partial charge is 0.252 e. The van der Waals surface area contributed by atoms with Crippen LogP contribution in [-0.4, -0.2) is 49.6 Å². The lowest BCUT2D eigenvalue weighted by Gasteiger charge is -2.26. The first-order valence-electron chi connectivity index (χ1n) is 6.70. The first-order valence-corrected chi connectivity index (χ1v) is 7.94. The van der Waals surface area contributed by atoms with E-state index in [4.69, 9.17) is 4.74 Å². The summed E-state index contributed by atoms with van der Waals surface area (Å²) in [7, 11) is 0. The molecule has 0 unspecified atom stereocenters. The molecule has 114 valence electrons. The lowest BCUT2D eigenvalue weighted by Crippen LogP contribution is -2.42. The van der Waals surface area contributed by atoms with Crippen LogP contribution in [-0.2, 0) is 9.53 Å². The van der Waals surface area contributed by atoms with E-state index in [1.807, 2.05) is 0 Å². The summed E-state index contributed by atoms with van der Waals surface area (Å²) in [5.41, 5.74) is 0.515. The van der Waals surface area contributed by atoms with E-state index in [0.717, 1.165) is 0 Å². The minimum absolute atomic E-state index is 0.0422. The van der Waals surface area contributed by atoms with Gasteiger partial charge in [-0.05, 0) is 34.1 Å². The molecule has 1 aliphatic rings. The van der Waals surface area contributed by atoms with Crippen LogP contribution in [0.4, 0.5) is 0 Å². The number of ether oxygens (including phenoxy) is 1. The highest BCUT2D eigenvalue weighted by Crippen LogP contribution is 2.20. The topological polar surface area (TPSA) is 58.6 Å². The van der Waals surface area contributed by atoms with E-state index in [9.17, 15) is 9.59 Å². The van der Waals surface area contributed by atoms with Gasteiger partial charge in [-0.2, -0.15) is 0 Å². The molecule has 5 nitrogen and oxygen atoms in total. The Morgan fingerprint density at radius 2 is 2.05 bits per heavy atom. The average Bonchev–Trinajstić information content (AvgIpc) is 2.50. The van der Waals surface area contributed by atoms with Crippen LogP contribution in [0, 0.1) is 0 Å². The van der Waals surface area contributed by atoms with Gasteiger partial charge in [0.15, 0.2) is 0 Å². The molecule has 0 aliphatic carbocycles. The number of halogens is 1. The van der Waals surface area contributed by atoms with Crippen LogP contribution >= 0.6 is 28.6 Å². The molecule has 0 aromatic heterocycles. The quantitative estimate of drug-likeness (QED) is 0.791. The molecule has 1 saturated heterocycles. The number of carbonyl (C=O) groups is 2. The number of nitrogens with zero attached hydrogens (tertiary/aromatic N) is 1. The van der Waals surface area contributed by atoms with Crippen LogP contribution in [0.25, 0.3) is 0 Å². The SMILES string of the molecule is O=C(NCCC(=O)N1CCOCC1)c1cc(S)ccc1Br. The molecule has 21 heavy (non-hydrogen) atoms. The Kier molecular flexibility index (Phi) is 6.08. The van der Waals surface area contributed by atoms with Gasteiger partial charge >= 0.3 is 0 Å². The third-order valence-corrected chi connectivity index (χ3v) is 4.15. The van der Waals surface area contributed by atoms with Gasteiger partial charge in [-0.25, -0.2) is 0 Å². The van der Waals surface area contributed by atoms with Gasteiger partial charge in [0.05, 0.1) is 18.8 Å². The van der Waals surface area contributed by atoms with Crippen molar-refractivity contribution in [2.75, 3.05) is 32.8 Å². The molecule has 1 heterocycles. The minimum atomic E-state index is -0.215. The highest BCUT2D eigenvalue weighted by atomic mass is 79.9. The summed E-state index contributed by atoms with van der Waals surface area (Å²) in [4.78, 5) is 26.5. The largest absolute Gasteiger partial charge is 0.378 e. The third kappa shape index (κ3) is 4.72. The fourth-order valence-corrected chi connectivity index (χ4v) is 2.67. The number of hydrogen-bond donors (Lipinski definition) is 2. The maximum Gasteiger partial charge on any atom is 0.252 e. The Morgan fingerprint density at radius 3 is 2.76 bits per heavy atom. The van der Waals surface area contributed by atoms with Crippen molar-refractivity contribution in [3.8, 4) is 0 Å². The zero-order valence-corrected chi connectivity index (χ0v) is 14.0. The number of thiol groups is 1. The van der Waals surface area contributed by atoms with Gasteiger partial charge in [-0.15, -0.1) is 12.6 Å². The molecule has 0 atom stereocenters. The van der Waals surface area contributed by atoms with Gasteiger partial charge in [-0.1, -0.05) is 0 Å². The van der Waals surface area contributed by atoms with E-state index in [1.165, 1.54) is 0 Å². The van der Waals surface area contributed by atoms with Gasteiger partial charge in [0.2, 0.25) is 5.91 Å². The number of morpholine rings is 1. The molecule has 1 N–H and O–H groups in total. The van der Waals surface area contributed by atoms with Crippen LogP contribution in [0.15, 0.2) is 27.6 Å². The summed E-state index contributed by atoms with van der Waals surface area (Å²) in [6, 6.07) is 5.26. The Bertz CT molecular complexity index is 533. The van der Waals surface area contributed by atoms with Crippen molar-refractivity contribution < 1.29 is 14.3 Å². The average molecular weight is 373 g/mol. The highest BCUT2D eigenvalue weighted by Gasteiger charge is 2.17. The van der Waals surface area contributed by atoms with Crippen LogP contribution in [0.5, 0.6) is 0 Å². The van der Waals surface area contributed by atoms with Gasteiger partial charge < -0.3 is 15.0 Å². The van der Waals surface area contributed by atoms with Gasteiger partial charge in [0, 0.05) is 35.4 Å². The lowest BCUT2D eigenvalue weighted by molar-refractivity contribution is -0.135. The predicted molar refractivity (Wildman–Crippen MR) is 85.7 cm³/mol. The summed E-state index contributed by atoms with van der Waals surface area (Å²) in [6.07, 6.45) is 0.296. The highest BCUT2D eigenvalue weighted by molar-refractivity contribution is 9.10. The molecule has 0 spiro atoms. The molecule has 1 aliphatic heterocycles. The van der Waals surface area contributed by atoms with E-state index >= 15 is 0 Å². The second kappa shape index (κ2) is 7.82. The molecule has 2 rings (SSSR count). The molecule has 1 fully saturated rings. The third-order valence-electron chi connectivity index (χ3n) is 3.18. The van der Waals surface area contributed by atoms with Crippen molar-refractivity contribution in [3.63, 3.8) is 0 Å². The monoisotopic (exact) mass is 372 g/mol. The van der Waals surface area contributed by atoms with E-state index in [1.54, 1.807) is 23.1 Å². The van der Waals surface area contributed by atoms with Crippen LogP contribution in [0.2, 0.25) is 0 Å². The second-order valence-electron chi connectivity index (χ2n) is 4.66. The minimum Gasteiger partial charge on any atom is -0.378 e. The van der Waals surface area contributed by atoms with Crippen LogP contribution in [0.1, 0.15) is 16.8 Å². The molecule has 0 bridgehead atoms. The van der Waals surface area contributed by atoms with Crippen molar-refractivity contribution in [1.29, 1.82) is 0 Å². The van der Waals surface area contributed by atoms with Crippen molar-refractivity contribution in [2.45, 2.75) is 11.3 Å². The van der Waals surface area contributed by atoms with E-state index in [2.05, 4.69) is 33.9 Å². The van der Waals surface area contributed by atoms with Crippen molar-refractivity contribution in [3.05, 3.63) is 28.2 Å². The Morgan fingerprint density at radius 1 is 1.33 bits per heavy atom. The number of carbonyl (C=O) groups excluding carboxylic acids is 2. The Hall–Kier alpha value is -1.05. The zero-order valence-electron chi connectivity index (χ0n) is 11.5. The standard InChI is InChI=1S/C14H17BrN2O3S/c15-12-2-1-10(21)9-11(12)14(19)16-4-3-13(18)17-5-7-20-8-6-17/h1-2,9,21H,3-8H2,(H,16,19). The molecule has 0 radical (unpaired) electrons.